The Bertz CT molecular complexity index is 1420. The molecule has 0 aliphatic carbocycles. The summed E-state index contributed by atoms with van der Waals surface area (Å²) in [5.41, 5.74) is 6.08. The largest absolute Gasteiger partial charge is 0.464 e. The maximum Gasteiger partial charge on any atom is 0.358 e. The maximum atomic E-state index is 12.6. The van der Waals surface area contributed by atoms with Crippen molar-refractivity contribution in [1.29, 1.82) is 0 Å². The van der Waals surface area contributed by atoms with Crippen LogP contribution >= 0.6 is 0 Å². The van der Waals surface area contributed by atoms with Gasteiger partial charge in [-0.2, -0.15) is 0 Å². The van der Waals surface area contributed by atoms with E-state index in [0.29, 0.717) is 18.9 Å². The number of ether oxygens (including phenoxy) is 2. The first-order valence-electron chi connectivity index (χ1n) is 12.7. The standard InChI is InChI=1S/C29H37N5O3Si/c1-20-16-26(32-21-8-10-22(11-9-21)33(2)3)31-17-24(20)25-18-34(19-37-14-15-38(5,6)7)28-23(25)12-13-30-27(28)29(35)36-4/h8-13,16-18H,14-15,19H2,1-7H3,(H,31,32). The van der Waals surface area contributed by atoms with Crippen molar-refractivity contribution in [2.75, 3.05) is 38.0 Å². The van der Waals surface area contributed by atoms with Crippen molar-refractivity contribution in [3.63, 3.8) is 0 Å². The van der Waals surface area contributed by atoms with Crippen molar-refractivity contribution in [3.05, 3.63) is 66.2 Å². The molecule has 0 unspecified atom stereocenters. The molecule has 200 valence electrons. The quantitative estimate of drug-likeness (QED) is 0.146. The van der Waals surface area contributed by atoms with Crippen LogP contribution in [-0.2, 0) is 16.2 Å². The maximum absolute atomic E-state index is 12.6. The molecule has 0 amide bonds. The second-order valence-corrected chi connectivity index (χ2v) is 16.5. The fourth-order valence-corrected chi connectivity index (χ4v) is 5.01. The number of benzene rings is 1. The molecule has 8 nitrogen and oxygen atoms in total. The highest BCUT2D eigenvalue weighted by Gasteiger charge is 2.21. The molecule has 1 aromatic carbocycles. The van der Waals surface area contributed by atoms with Crippen LogP contribution in [0.2, 0.25) is 25.7 Å². The first kappa shape index (κ1) is 27.3. The molecule has 4 aromatic rings. The van der Waals surface area contributed by atoms with Gasteiger partial charge in [-0.05, 0) is 54.9 Å². The number of esters is 1. The van der Waals surface area contributed by atoms with Gasteiger partial charge >= 0.3 is 5.97 Å². The number of aromatic nitrogens is 3. The summed E-state index contributed by atoms with van der Waals surface area (Å²) in [6, 6.07) is 13.2. The summed E-state index contributed by atoms with van der Waals surface area (Å²) in [6.45, 7) is 10.0. The molecule has 1 N–H and O–H groups in total. The van der Waals surface area contributed by atoms with E-state index in [2.05, 4.69) is 53.9 Å². The molecular weight excluding hydrogens is 494 g/mol. The van der Waals surface area contributed by atoms with Gasteiger partial charge in [0.25, 0.3) is 0 Å². The summed E-state index contributed by atoms with van der Waals surface area (Å²) in [7, 11) is 4.19. The number of anilines is 3. The molecule has 38 heavy (non-hydrogen) atoms. The van der Waals surface area contributed by atoms with Gasteiger partial charge in [0.1, 0.15) is 12.5 Å². The monoisotopic (exact) mass is 531 g/mol. The molecule has 0 atom stereocenters. The number of nitrogens with zero attached hydrogens (tertiary/aromatic N) is 4. The van der Waals surface area contributed by atoms with E-state index >= 15 is 0 Å². The fraction of sp³-hybridized carbons (Fsp3) is 0.345. The molecule has 0 fully saturated rings. The Hall–Kier alpha value is -3.69. The minimum atomic E-state index is -1.22. The molecule has 0 aliphatic rings. The smallest absolute Gasteiger partial charge is 0.358 e. The molecule has 9 heteroatoms. The van der Waals surface area contributed by atoms with Gasteiger partial charge in [-0.1, -0.05) is 19.6 Å². The molecule has 0 spiro atoms. The Morgan fingerprint density at radius 2 is 1.82 bits per heavy atom. The third-order valence-electron chi connectivity index (χ3n) is 6.45. The van der Waals surface area contributed by atoms with Crippen molar-refractivity contribution in [1.82, 2.24) is 14.5 Å². The van der Waals surface area contributed by atoms with Crippen molar-refractivity contribution in [2.24, 2.45) is 0 Å². The highest BCUT2D eigenvalue weighted by atomic mass is 28.3. The molecule has 3 heterocycles. The highest BCUT2D eigenvalue weighted by molar-refractivity contribution is 6.76. The van der Waals surface area contributed by atoms with Crippen molar-refractivity contribution < 1.29 is 14.3 Å². The van der Waals surface area contributed by atoms with E-state index in [-0.39, 0.29) is 5.69 Å². The average molecular weight is 532 g/mol. The number of fused-ring (bicyclic) bond motifs is 1. The number of methoxy groups -OCH3 is 1. The summed E-state index contributed by atoms with van der Waals surface area (Å²) in [5, 5.41) is 4.29. The van der Waals surface area contributed by atoms with E-state index in [4.69, 9.17) is 14.5 Å². The zero-order valence-electron chi connectivity index (χ0n) is 23.3. The summed E-state index contributed by atoms with van der Waals surface area (Å²) in [6.07, 6.45) is 5.53. The van der Waals surface area contributed by atoms with Gasteiger partial charge in [0.2, 0.25) is 0 Å². The van der Waals surface area contributed by atoms with Crippen LogP contribution in [0.4, 0.5) is 17.2 Å². The van der Waals surface area contributed by atoms with Crippen LogP contribution in [0, 0.1) is 6.92 Å². The first-order valence-corrected chi connectivity index (χ1v) is 16.4. The van der Waals surface area contributed by atoms with E-state index in [1.807, 2.05) is 55.3 Å². The zero-order valence-corrected chi connectivity index (χ0v) is 24.3. The van der Waals surface area contributed by atoms with E-state index in [0.717, 1.165) is 45.3 Å². The second kappa shape index (κ2) is 11.4. The van der Waals surface area contributed by atoms with Crippen molar-refractivity contribution >= 4 is 42.1 Å². The molecular formula is C29H37N5O3Si. The number of hydrogen-bond donors (Lipinski definition) is 1. The van der Waals surface area contributed by atoms with Crippen LogP contribution in [0.5, 0.6) is 0 Å². The number of carbonyl (C=O) groups excluding carboxylic acids is 1. The minimum Gasteiger partial charge on any atom is -0.464 e. The average Bonchev–Trinajstić information content (AvgIpc) is 3.24. The lowest BCUT2D eigenvalue weighted by atomic mass is 10.0. The van der Waals surface area contributed by atoms with Crippen LogP contribution < -0.4 is 10.2 Å². The van der Waals surface area contributed by atoms with Crippen molar-refractivity contribution in [2.45, 2.75) is 39.3 Å². The van der Waals surface area contributed by atoms with Gasteiger partial charge in [0.15, 0.2) is 5.69 Å². The molecule has 0 saturated carbocycles. The van der Waals surface area contributed by atoms with Crippen LogP contribution in [0.15, 0.2) is 55.0 Å². The molecule has 0 bridgehead atoms. The topological polar surface area (TPSA) is 81.5 Å². The van der Waals surface area contributed by atoms with E-state index in [1.165, 1.54) is 7.11 Å². The number of rotatable bonds is 10. The van der Waals surface area contributed by atoms with Crippen LogP contribution in [0.3, 0.4) is 0 Å². The first-order chi connectivity index (χ1) is 18.1. The van der Waals surface area contributed by atoms with Crippen LogP contribution in [0.25, 0.3) is 22.0 Å². The van der Waals surface area contributed by atoms with Crippen LogP contribution in [0.1, 0.15) is 16.1 Å². The van der Waals surface area contributed by atoms with Gasteiger partial charge in [-0.15, -0.1) is 0 Å². The summed E-state index contributed by atoms with van der Waals surface area (Å²) >= 11 is 0. The second-order valence-electron chi connectivity index (χ2n) is 10.9. The van der Waals surface area contributed by atoms with E-state index in [1.54, 1.807) is 6.20 Å². The van der Waals surface area contributed by atoms with E-state index < -0.39 is 14.0 Å². The van der Waals surface area contributed by atoms with Gasteiger partial charge in [0.05, 0.1) is 12.6 Å². The third kappa shape index (κ3) is 6.23. The van der Waals surface area contributed by atoms with Gasteiger partial charge in [-0.3, -0.25) is 0 Å². The summed E-state index contributed by atoms with van der Waals surface area (Å²) < 4.78 is 13.0. The number of hydrogen-bond acceptors (Lipinski definition) is 7. The Kier molecular flexibility index (Phi) is 8.18. The number of carbonyl (C=O) groups is 1. The predicted octanol–water partition coefficient (Wildman–Crippen LogP) is 6.32. The van der Waals surface area contributed by atoms with Crippen LogP contribution in [-0.4, -0.2) is 56.4 Å². The lowest BCUT2D eigenvalue weighted by Gasteiger charge is -2.16. The Balaban J connectivity index is 1.67. The lowest BCUT2D eigenvalue weighted by Crippen LogP contribution is -2.22. The summed E-state index contributed by atoms with van der Waals surface area (Å²) in [5.74, 6) is 0.289. The fourth-order valence-electron chi connectivity index (χ4n) is 4.25. The third-order valence-corrected chi connectivity index (χ3v) is 8.15. The van der Waals surface area contributed by atoms with Crippen molar-refractivity contribution in [3.8, 4) is 11.1 Å². The summed E-state index contributed by atoms with van der Waals surface area (Å²) in [4.78, 5) is 23.7. The Morgan fingerprint density at radius 3 is 2.45 bits per heavy atom. The molecule has 3 aromatic heterocycles. The predicted molar refractivity (Wildman–Crippen MR) is 157 cm³/mol. The molecule has 0 aliphatic heterocycles. The number of pyridine rings is 2. The highest BCUT2D eigenvalue weighted by Crippen LogP contribution is 2.34. The van der Waals surface area contributed by atoms with Gasteiger partial charge in [0, 0.05) is 75.3 Å². The van der Waals surface area contributed by atoms with Gasteiger partial charge < -0.3 is 24.3 Å². The minimum absolute atomic E-state index is 0.273. The zero-order chi connectivity index (χ0) is 27.4. The van der Waals surface area contributed by atoms with E-state index in [9.17, 15) is 4.79 Å². The molecule has 0 radical (unpaired) electrons. The number of nitrogens with one attached hydrogen (secondary N) is 1. The molecule has 4 rings (SSSR count). The Morgan fingerprint density at radius 1 is 1.08 bits per heavy atom. The lowest BCUT2D eigenvalue weighted by molar-refractivity contribution is 0.0594. The molecule has 0 saturated heterocycles. The normalized spacial score (nSPS) is 11.6. The van der Waals surface area contributed by atoms with Gasteiger partial charge in [-0.25, -0.2) is 14.8 Å². The Labute approximate surface area is 225 Å². The number of aryl methyl sites for hydroxylation is 1. The SMILES string of the molecule is COC(=O)c1nccc2c(-c3cnc(Nc4ccc(N(C)C)cc4)cc3C)cn(COCC[Si](C)(C)C)c12.